The molecule has 0 unspecified atom stereocenters. The molecular formula is C22H24N2O5S. The zero-order valence-electron chi connectivity index (χ0n) is 16.8. The molecule has 0 aliphatic heterocycles. The van der Waals surface area contributed by atoms with Crippen molar-refractivity contribution in [3.8, 4) is 5.75 Å². The highest BCUT2D eigenvalue weighted by molar-refractivity contribution is 7.89. The Kier molecular flexibility index (Phi) is 6.91. The van der Waals surface area contributed by atoms with Crippen molar-refractivity contribution in [1.29, 1.82) is 0 Å². The van der Waals surface area contributed by atoms with Gasteiger partial charge in [0.2, 0.25) is 10.0 Å². The van der Waals surface area contributed by atoms with E-state index in [1.54, 1.807) is 12.1 Å². The van der Waals surface area contributed by atoms with E-state index in [1.807, 2.05) is 38.1 Å². The van der Waals surface area contributed by atoms with Crippen LogP contribution in [0.15, 0.2) is 76.2 Å². The van der Waals surface area contributed by atoms with Crippen LogP contribution in [0.25, 0.3) is 0 Å². The lowest BCUT2D eigenvalue weighted by molar-refractivity contribution is 0.0951. The van der Waals surface area contributed by atoms with E-state index in [-0.39, 0.29) is 23.5 Å². The summed E-state index contributed by atoms with van der Waals surface area (Å²) in [6.45, 7) is 4.32. The minimum atomic E-state index is -3.70. The summed E-state index contributed by atoms with van der Waals surface area (Å²) >= 11 is 0. The standard InChI is InChI=1S/C22H24N2O5S/c1-16(2)29-19-9-5-17(6-10-19)14-23-22(25)18-7-11-21(12-8-18)30(26,27)24-15-20-4-3-13-28-20/h3-13,16,24H,14-15H2,1-2H3,(H,23,25). The Bertz CT molecular complexity index is 1060. The lowest BCUT2D eigenvalue weighted by Crippen LogP contribution is -2.24. The van der Waals surface area contributed by atoms with Gasteiger partial charge in [-0.15, -0.1) is 0 Å². The van der Waals surface area contributed by atoms with Crippen LogP contribution in [0.5, 0.6) is 5.75 Å². The minimum Gasteiger partial charge on any atom is -0.491 e. The summed E-state index contributed by atoms with van der Waals surface area (Å²) in [7, 11) is -3.70. The van der Waals surface area contributed by atoms with Gasteiger partial charge in [0.1, 0.15) is 11.5 Å². The number of rotatable bonds is 9. The van der Waals surface area contributed by atoms with Crippen LogP contribution in [-0.4, -0.2) is 20.4 Å². The summed E-state index contributed by atoms with van der Waals surface area (Å²) in [4.78, 5) is 12.4. The first kappa shape index (κ1) is 21.6. The van der Waals surface area contributed by atoms with Crippen molar-refractivity contribution in [3.63, 3.8) is 0 Å². The third kappa shape index (κ3) is 5.95. The Morgan fingerprint density at radius 1 is 1.00 bits per heavy atom. The van der Waals surface area contributed by atoms with Gasteiger partial charge in [0.15, 0.2) is 0 Å². The van der Waals surface area contributed by atoms with Crippen molar-refractivity contribution in [1.82, 2.24) is 10.0 Å². The molecule has 1 aromatic heterocycles. The lowest BCUT2D eigenvalue weighted by Gasteiger charge is -2.11. The second-order valence-corrected chi connectivity index (χ2v) is 8.69. The quantitative estimate of drug-likeness (QED) is 0.544. The molecule has 1 amide bonds. The molecule has 0 aliphatic rings. The first-order valence-electron chi connectivity index (χ1n) is 9.49. The number of hydrogen-bond acceptors (Lipinski definition) is 5. The van der Waals surface area contributed by atoms with Gasteiger partial charge in [-0.2, -0.15) is 0 Å². The fourth-order valence-corrected chi connectivity index (χ4v) is 3.68. The molecule has 0 aliphatic carbocycles. The third-order valence-corrected chi connectivity index (χ3v) is 5.61. The van der Waals surface area contributed by atoms with Crippen LogP contribution in [0.3, 0.4) is 0 Å². The van der Waals surface area contributed by atoms with Gasteiger partial charge in [-0.1, -0.05) is 12.1 Å². The van der Waals surface area contributed by atoms with Crippen LogP contribution >= 0.6 is 0 Å². The van der Waals surface area contributed by atoms with Crippen molar-refractivity contribution >= 4 is 15.9 Å². The number of carbonyl (C=O) groups is 1. The zero-order chi connectivity index (χ0) is 21.6. The van der Waals surface area contributed by atoms with Crippen molar-refractivity contribution in [2.75, 3.05) is 0 Å². The number of amides is 1. The highest BCUT2D eigenvalue weighted by atomic mass is 32.2. The van der Waals surface area contributed by atoms with Crippen molar-refractivity contribution in [2.24, 2.45) is 0 Å². The smallest absolute Gasteiger partial charge is 0.251 e. The molecule has 0 atom stereocenters. The molecule has 0 radical (unpaired) electrons. The first-order valence-corrected chi connectivity index (χ1v) is 11.0. The number of nitrogens with one attached hydrogen (secondary N) is 2. The fourth-order valence-electron chi connectivity index (χ4n) is 2.69. The summed E-state index contributed by atoms with van der Waals surface area (Å²) in [6.07, 6.45) is 1.58. The van der Waals surface area contributed by atoms with Gasteiger partial charge in [-0.3, -0.25) is 4.79 Å². The Morgan fingerprint density at radius 3 is 2.30 bits per heavy atom. The Labute approximate surface area is 176 Å². The number of hydrogen-bond donors (Lipinski definition) is 2. The summed E-state index contributed by atoms with van der Waals surface area (Å²) in [5, 5.41) is 2.82. The largest absolute Gasteiger partial charge is 0.491 e. The molecule has 1 heterocycles. The van der Waals surface area contributed by atoms with Crippen LogP contribution in [0.4, 0.5) is 0 Å². The minimum absolute atomic E-state index is 0.0541. The van der Waals surface area contributed by atoms with E-state index in [1.165, 1.54) is 30.5 Å². The van der Waals surface area contributed by atoms with Crippen LogP contribution < -0.4 is 14.8 Å². The fraction of sp³-hybridized carbons (Fsp3) is 0.227. The highest BCUT2D eigenvalue weighted by Gasteiger charge is 2.15. The van der Waals surface area contributed by atoms with Crippen molar-refractivity contribution in [2.45, 2.75) is 37.9 Å². The van der Waals surface area contributed by atoms with Crippen LogP contribution in [0.2, 0.25) is 0 Å². The molecule has 158 valence electrons. The highest BCUT2D eigenvalue weighted by Crippen LogP contribution is 2.15. The average molecular weight is 429 g/mol. The van der Waals surface area contributed by atoms with E-state index in [9.17, 15) is 13.2 Å². The maximum absolute atomic E-state index is 12.4. The van der Waals surface area contributed by atoms with Gasteiger partial charge in [0, 0.05) is 12.1 Å². The number of benzene rings is 2. The monoisotopic (exact) mass is 428 g/mol. The number of sulfonamides is 1. The van der Waals surface area contributed by atoms with Gasteiger partial charge in [-0.05, 0) is 67.9 Å². The number of ether oxygens (including phenoxy) is 1. The van der Waals surface area contributed by atoms with Crippen LogP contribution in [-0.2, 0) is 23.1 Å². The van der Waals surface area contributed by atoms with E-state index in [2.05, 4.69) is 10.0 Å². The summed E-state index contributed by atoms with van der Waals surface area (Å²) in [6, 6.07) is 16.6. The maximum Gasteiger partial charge on any atom is 0.251 e. The topological polar surface area (TPSA) is 97.6 Å². The van der Waals surface area contributed by atoms with Gasteiger partial charge in [0.25, 0.3) is 5.91 Å². The summed E-state index contributed by atoms with van der Waals surface area (Å²) in [5.74, 6) is 1.00. The molecule has 2 aromatic carbocycles. The Morgan fingerprint density at radius 2 is 1.70 bits per heavy atom. The van der Waals surface area contributed by atoms with Gasteiger partial charge in [-0.25, -0.2) is 13.1 Å². The molecule has 8 heteroatoms. The molecule has 0 bridgehead atoms. The van der Waals surface area contributed by atoms with Crippen molar-refractivity contribution in [3.05, 3.63) is 83.8 Å². The first-order chi connectivity index (χ1) is 14.3. The molecule has 0 fully saturated rings. The summed E-state index contributed by atoms with van der Waals surface area (Å²) < 4.78 is 37.9. The summed E-state index contributed by atoms with van der Waals surface area (Å²) in [5.41, 5.74) is 1.31. The van der Waals surface area contributed by atoms with E-state index in [0.717, 1.165) is 11.3 Å². The third-order valence-electron chi connectivity index (χ3n) is 4.19. The predicted molar refractivity (Wildman–Crippen MR) is 113 cm³/mol. The van der Waals surface area contributed by atoms with Crippen LogP contribution in [0, 0.1) is 0 Å². The van der Waals surface area contributed by atoms with Crippen LogP contribution in [0.1, 0.15) is 35.5 Å². The number of furan rings is 1. The molecule has 0 saturated carbocycles. The molecule has 0 saturated heterocycles. The normalized spacial score (nSPS) is 11.4. The van der Waals surface area contributed by atoms with Gasteiger partial charge < -0.3 is 14.5 Å². The second-order valence-electron chi connectivity index (χ2n) is 6.92. The van der Waals surface area contributed by atoms with Gasteiger partial charge >= 0.3 is 0 Å². The molecule has 0 spiro atoms. The Hall–Kier alpha value is -3.10. The lowest BCUT2D eigenvalue weighted by atomic mass is 10.2. The number of carbonyl (C=O) groups excluding carboxylic acids is 1. The molecule has 3 aromatic rings. The second kappa shape index (κ2) is 9.60. The SMILES string of the molecule is CC(C)Oc1ccc(CNC(=O)c2ccc(S(=O)(=O)NCc3ccco3)cc2)cc1. The zero-order valence-corrected chi connectivity index (χ0v) is 17.6. The van der Waals surface area contributed by atoms with E-state index >= 15 is 0 Å². The molecule has 3 rings (SSSR count). The maximum atomic E-state index is 12.4. The Balaban J connectivity index is 1.55. The average Bonchev–Trinajstić information content (AvgIpc) is 3.25. The molecular weight excluding hydrogens is 404 g/mol. The van der Waals surface area contributed by atoms with Gasteiger partial charge in [0.05, 0.1) is 23.8 Å². The molecule has 7 nitrogen and oxygen atoms in total. The predicted octanol–water partition coefficient (Wildman–Crippen LogP) is 3.48. The van der Waals surface area contributed by atoms with E-state index in [4.69, 9.17) is 9.15 Å². The molecule has 30 heavy (non-hydrogen) atoms. The van der Waals surface area contributed by atoms with Crippen molar-refractivity contribution < 1.29 is 22.4 Å². The molecule has 2 N–H and O–H groups in total. The van der Waals surface area contributed by atoms with E-state index < -0.39 is 10.0 Å². The van der Waals surface area contributed by atoms with E-state index in [0.29, 0.717) is 17.9 Å².